The Morgan fingerprint density at radius 1 is 1.29 bits per heavy atom. The van der Waals surface area contributed by atoms with Crippen molar-refractivity contribution >= 4 is 29.3 Å². The maximum Gasteiger partial charge on any atom is 0.342 e. The number of amides is 2. The quantitative estimate of drug-likeness (QED) is 0.200. The Hall–Kier alpha value is -3.24. The monoisotopic (exact) mass is 507 g/mol. The van der Waals surface area contributed by atoms with Crippen LogP contribution in [0.5, 0.6) is 11.5 Å². The molecule has 35 heavy (non-hydrogen) atoms. The van der Waals surface area contributed by atoms with Gasteiger partial charge in [-0.2, -0.15) is 0 Å². The number of allylic oxidation sites excluding steroid dienone is 3. The Labute approximate surface area is 208 Å². The number of esters is 1. The van der Waals surface area contributed by atoms with Gasteiger partial charge in [0.15, 0.2) is 0 Å². The van der Waals surface area contributed by atoms with Crippen molar-refractivity contribution in [1.82, 2.24) is 10.6 Å². The summed E-state index contributed by atoms with van der Waals surface area (Å²) in [5.41, 5.74) is 0.434. The Bertz CT molecular complexity index is 1020. The number of oxime groups is 1. The molecular weight excluding hydrogens is 478 g/mol. The number of carbonyl (C=O) groups is 2. The van der Waals surface area contributed by atoms with E-state index in [2.05, 4.69) is 15.8 Å². The molecule has 0 saturated carbocycles. The zero-order valence-corrected chi connectivity index (χ0v) is 20.4. The summed E-state index contributed by atoms with van der Waals surface area (Å²) in [4.78, 5) is 29.5. The molecule has 0 spiro atoms. The van der Waals surface area contributed by atoms with Gasteiger partial charge in [0, 0.05) is 32.5 Å². The first-order valence-corrected chi connectivity index (χ1v) is 11.8. The highest BCUT2D eigenvalue weighted by atomic mass is 35.5. The normalized spacial score (nSPS) is 24.8. The van der Waals surface area contributed by atoms with Gasteiger partial charge in [-0.3, -0.25) is 0 Å². The van der Waals surface area contributed by atoms with Crippen molar-refractivity contribution in [3.8, 4) is 11.5 Å². The van der Waals surface area contributed by atoms with Crippen molar-refractivity contribution in [2.45, 2.75) is 50.9 Å². The summed E-state index contributed by atoms with van der Waals surface area (Å²) in [5, 5.41) is 29.8. The van der Waals surface area contributed by atoms with E-state index >= 15 is 0 Å². The fraction of sp³-hybridized carbons (Fsp3) is 0.458. The molecular formula is C24H30ClN3O7. The maximum absolute atomic E-state index is 12.9. The van der Waals surface area contributed by atoms with E-state index in [0.29, 0.717) is 38.1 Å². The van der Waals surface area contributed by atoms with E-state index in [-0.39, 0.29) is 46.6 Å². The number of cyclic esters (lactones) is 1. The number of unbranched alkanes of at least 4 members (excludes halogenated alkanes) is 1. The first-order chi connectivity index (χ1) is 16.8. The predicted molar refractivity (Wildman–Crippen MR) is 130 cm³/mol. The number of aromatic hydroxyl groups is 2. The summed E-state index contributed by atoms with van der Waals surface area (Å²) in [5.74, 6) is -1.57. The molecule has 11 heteroatoms. The van der Waals surface area contributed by atoms with Crippen molar-refractivity contribution in [3.63, 3.8) is 0 Å². The van der Waals surface area contributed by atoms with Gasteiger partial charge in [0.2, 0.25) is 0 Å². The highest BCUT2D eigenvalue weighted by Crippen LogP contribution is 2.38. The molecule has 1 fully saturated rings. The van der Waals surface area contributed by atoms with Crippen LogP contribution < -0.4 is 10.6 Å². The third-order valence-electron chi connectivity index (χ3n) is 5.43. The summed E-state index contributed by atoms with van der Waals surface area (Å²) < 4.78 is 11.1. The van der Waals surface area contributed by atoms with Crippen LogP contribution in [-0.4, -0.2) is 66.4 Å². The van der Waals surface area contributed by atoms with Crippen LogP contribution in [-0.2, 0) is 20.7 Å². The van der Waals surface area contributed by atoms with Crippen LogP contribution in [0.25, 0.3) is 0 Å². The summed E-state index contributed by atoms with van der Waals surface area (Å²) >= 11 is 6.32. The number of carbonyl (C=O) groups excluding carboxylic acids is 2. The second-order valence-corrected chi connectivity index (χ2v) is 8.60. The number of epoxide rings is 1. The van der Waals surface area contributed by atoms with E-state index < -0.39 is 17.8 Å². The first kappa shape index (κ1) is 26.4. The van der Waals surface area contributed by atoms with Crippen LogP contribution in [0.1, 0.15) is 42.1 Å². The largest absolute Gasteiger partial charge is 0.507 e. The van der Waals surface area contributed by atoms with Crippen LogP contribution in [0.4, 0.5) is 4.79 Å². The maximum atomic E-state index is 12.9. The zero-order valence-electron chi connectivity index (χ0n) is 19.6. The first-order valence-electron chi connectivity index (χ1n) is 11.4. The lowest BCUT2D eigenvalue weighted by molar-refractivity contribution is 0.0305. The van der Waals surface area contributed by atoms with Crippen LogP contribution in [0.15, 0.2) is 35.5 Å². The van der Waals surface area contributed by atoms with Crippen molar-refractivity contribution < 1.29 is 34.1 Å². The van der Waals surface area contributed by atoms with Gasteiger partial charge in [0.25, 0.3) is 0 Å². The van der Waals surface area contributed by atoms with E-state index in [0.717, 1.165) is 6.07 Å². The minimum absolute atomic E-state index is 0.00920. The Balaban J connectivity index is 1.80. The molecule has 2 aliphatic rings. The molecule has 1 aromatic rings. The van der Waals surface area contributed by atoms with Gasteiger partial charge in [0.1, 0.15) is 35.9 Å². The van der Waals surface area contributed by atoms with Crippen molar-refractivity contribution in [2.75, 3.05) is 20.2 Å². The molecule has 4 N–H and O–H groups in total. The lowest BCUT2D eigenvalue weighted by Crippen LogP contribution is -2.33. The molecule has 0 radical (unpaired) electrons. The van der Waals surface area contributed by atoms with Gasteiger partial charge in [-0.1, -0.05) is 35.0 Å². The Kier molecular flexibility index (Phi) is 9.39. The molecule has 0 aromatic heterocycles. The smallest absolute Gasteiger partial charge is 0.342 e. The van der Waals surface area contributed by atoms with E-state index in [1.165, 1.54) is 0 Å². The fourth-order valence-corrected chi connectivity index (χ4v) is 3.78. The highest BCUT2D eigenvalue weighted by molar-refractivity contribution is 6.33. The van der Waals surface area contributed by atoms with Gasteiger partial charge >= 0.3 is 12.0 Å². The Morgan fingerprint density at radius 2 is 2.09 bits per heavy atom. The number of hydrogen-bond acceptors (Lipinski definition) is 8. The second-order valence-electron chi connectivity index (χ2n) is 8.22. The van der Waals surface area contributed by atoms with Gasteiger partial charge in [0.05, 0.1) is 16.8 Å². The molecule has 190 valence electrons. The number of urea groups is 1. The molecule has 2 amide bonds. The SMILES string of the molecule is CNC(=O)NCCCCO\N=C1/C=C/C=C\C2OC2CC(C)OC(=O)c2c(O)cc(O)c(Cl)c2C1. The molecule has 3 rings (SSSR count). The van der Waals surface area contributed by atoms with Crippen LogP contribution >= 0.6 is 11.6 Å². The van der Waals surface area contributed by atoms with Crippen LogP contribution in [0, 0.1) is 0 Å². The molecule has 3 unspecified atom stereocenters. The number of rotatable bonds is 6. The molecule has 2 aliphatic heterocycles. The zero-order chi connectivity index (χ0) is 25.4. The number of phenols is 2. The number of ether oxygens (including phenoxy) is 2. The van der Waals surface area contributed by atoms with Crippen molar-refractivity contribution in [2.24, 2.45) is 5.16 Å². The molecule has 0 bridgehead atoms. The number of nitrogens with one attached hydrogen (secondary N) is 2. The second kappa shape index (κ2) is 12.5. The van der Waals surface area contributed by atoms with Crippen LogP contribution in [0.2, 0.25) is 5.02 Å². The summed E-state index contributed by atoms with van der Waals surface area (Å²) in [7, 11) is 1.55. The van der Waals surface area contributed by atoms with E-state index in [1.54, 1.807) is 26.1 Å². The standard InChI is InChI=1S/C24H30ClN3O7/c1-14-11-20-19(35-20)8-4-3-7-15(28-33-10-6-5-9-27-24(32)26-2)12-16-21(23(31)34-14)17(29)13-18(30)22(16)25/h3-4,7-8,13-14,19-20,29-30H,5-6,9-12H2,1-2H3,(H2,26,27,32)/b7-3+,8-4-,28-15+. The van der Waals surface area contributed by atoms with Crippen molar-refractivity contribution in [1.29, 1.82) is 0 Å². The molecule has 2 heterocycles. The third-order valence-corrected chi connectivity index (χ3v) is 5.86. The van der Waals surface area contributed by atoms with Crippen molar-refractivity contribution in [3.05, 3.63) is 46.5 Å². The summed E-state index contributed by atoms with van der Waals surface area (Å²) in [6.45, 7) is 2.54. The van der Waals surface area contributed by atoms with E-state index in [4.69, 9.17) is 25.9 Å². The van der Waals surface area contributed by atoms with Crippen LogP contribution in [0.3, 0.4) is 0 Å². The molecule has 0 aliphatic carbocycles. The Morgan fingerprint density at radius 3 is 2.86 bits per heavy atom. The summed E-state index contributed by atoms with van der Waals surface area (Å²) in [6, 6.07) is 0.761. The molecule has 3 atom stereocenters. The number of hydrogen-bond donors (Lipinski definition) is 4. The lowest BCUT2D eigenvalue weighted by atomic mass is 9.99. The van der Waals surface area contributed by atoms with Gasteiger partial charge in [-0.05, 0) is 31.4 Å². The molecule has 1 aromatic carbocycles. The number of benzene rings is 1. The summed E-state index contributed by atoms with van der Waals surface area (Å²) in [6.07, 6.45) is 8.43. The van der Waals surface area contributed by atoms with Gasteiger partial charge in [-0.15, -0.1) is 0 Å². The topological polar surface area (TPSA) is 142 Å². The third kappa shape index (κ3) is 7.63. The minimum Gasteiger partial charge on any atom is -0.507 e. The van der Waals surface area contributed by atoms with E-state index in [1.807, 2.05) is 12.2 Å². The molecule has 10 nitrogen and oxygen atoms in total. The minimum atomic E-state index is -0.760. The number of nitrogens with zero attached hydrogens (tertiary/aromatic N) is 1. The average molecular weight is 508 g/mol. The highest BCUT2D eigenvalue weighted by Gasteiger charge is 2.38. The lowest BCUT2D eigenvalue weighted by Gasteiger charge is -2.17. The fourth-order valence-electron chi connectivity index (χ4n) is 3.56. The number of fused-ring (bicyclic) bond motifs is 2. The predicted octanol–water partition coefficient (Wildman–Crippen LogP) is 3.20. The average Bonchev–Trinajstić information content (AvgIpc) is 3.55. The van der Waals surface area contributed by atoms with Gasteiger partial charge < -0.3 is 35.2 Å². The number of halogens is 1. The van der Waals surface area contributed by atoms with E-state index in [9.17, 15) is 19.8 Å². The molecule has 1 saturated heterocycles. The van der Waals surface area contributed by atoms with Gasteiger partial charge in [-0.25, -0.2) is 9.59 Å². The number of phenolic OH excluding ortho intramolecular Hbond substituents is 2.